The lowest BCUT2D eigenvalue weighted by atomic mass is 9.82. The quantitative estimate of drug-likeness (QED) is 0.874. The van der Waals surface area contributed by atoms with Gasteiger partial charge in [0.2, 0.25) is 0 Å². The van der Waals surface area contributed by atoms with Gasteiger partial charge in [-0.15, -0.1) is 10.2 Å². The van der Waals surface area contributed by atoms with Crippen molar-refractivity contribution in [2.24, 2.45) is 5.92 Å². The summed E-state index contributed by atoms with van der Waals surface area (Å²) in [5.74, 6) is 3.52. The van der Waals surface area contributed by atoms with Crippen LogP contribution in [0.3, 0.4) is 0 Å². The van der Waals surface area contributed by atoms with Crippen molar-refractivity contribution >= 4 is 0 Å². The lowest BCUT2D eigenvalue weighted by Gasteiger charge is -2.28. The summed E-state index contributed by atoms with van der Waals surface area (Å²) in [5.41, 5.74) is 1.06. The number of ether oxygens (including phenoxy) is 1. The smallest absolute Gasteiger partial charge is 0.139 e. The lowest BCUT2D eigenvalue weighted by Crippen LogP contribution is -2.24. The van der Waals surface area contributed by atoms with Gasteiger partial charge in [-0.05, 0) is 43.7 Å². The third-order valence-electron chi connectivity index (χ3n) is 5.23. The van der Waals surface area contributed by atoms with Gasteiger partial charge in [-0.3, -0.25) is 4.98 Å². The van der Waals surface area contributed by atoms with E-state index in [4.69, 9.17) is 4.74 Å². The van der Waals surface area contributed by atoms with Gasteiger partial charge < -0.3 is 9.30 Å². The highest BCUT2D eigenvalue weighted by atomic mass is 16.5. The number of fused-ring (bicyclic) bond motifs is 1. The molecule has 0 spiro atoms. The van der Waals surface area contributed by atoms with Crippen molar-refractivity contribution in [2.45, 2.75) is 51.0 Å². The molecule has 23 heavy (non-hydrogen) atoms. The third kappa shape index (κ3) is 3.15. The van der Waals surface area contributed by atoms with Gasteiger partial charge in [-0.25, -0.2) is 0 Å². The minimum absolute atomic E-state index is 0.548. The first-order valence-corrected chi connectivity index (χ1v) is 8.81. The van der Waals surface area contributed by atoms with Crippen molar-refractivity contribution in [3.63, 3.8) is 0 Å². The maximum atomic E-state index is 5.54. The highest BCUT2D eigenvalue weighted by molar-refractivity contribution is 5.13. The predicted octanol–water partition coefficient (Wildman–Crippen LogP) is 2.96. The molecule has 0 radical (unpaired) electrons. The van der Waals surface area contributed by atoms with Crippen LogP contribution < -0.4 is 0 Å². The zero-order chi connectivity index (χ0) is 15.5. The van der Waals surface area contributed by atoms with Gasteiger partial charge in [0, 0.05) is 37.6 Å². The Labute approximate surface area is 137 Å². The number of hydrogen-bond acceptors (Lipinski definition) is 4. The highest BCUT2D eigenvalue weighted by Gasteiger charge is 2.31. The van der Waals surface area contributed by atoms with E-state index in [1.807, 2.05) is 18.3 Å². The Hall–Kier alpha value is -1.75. The predicted molar refractivity (Wildman–Crippen MR) is 87.2 cm³/mol. The fourth-order valence-electron chi connectivity index (χ4n) is 3.99. The zero-order valence-electron chi connectivity index (χ0n) is 13.5. The van der Waals surface area contributed by atoms with Crippen molar-refractivity contribution in [3.8, 4) is 0 Å². The SMILES string of the molecule is c1ccc(Cc2nnc3n2CCCCC3C2CCOCC2)nc1. The van der Waals surface area contributed by atoms with Crippen molar-refractivity contribution in [1.82, 2.24) is 19.7 Å². The van der Waals surface area contributed by atoms with Crippen LogP contribution in [-0.4, -0.2) is 33.0 Å². The first kappa shape index (κ1) is 14.8. The van der Waals surface area contributed by atoms with Gasteiger partial charge in [0.15, 0.2) is 0 Å². The van der Waals surface area contributed by atoms with Crippen molar-refractivity contribution < 1.29 is 4.74 Å². The van der Waals surface area contributed by atoms with Crippen LogP contribution in [0.4, 0.5) is 0 Å². The fraction of sp³-hybridized carbons (Fsp3) is 0.611. The van der Waals surface area contributed by atoms with Gasteiger partial charge in [-0.1, -0.05) is 12.5 Å². The largest absolute Gasteiger partial charge is 0.381 e. The molecular formula is C18H24N4O. The van der Waals surface area contributed by atoms with Gasteiger partial charge in [0.25, 0.3) is 0 Å². The first-order valence-electron chi connectivity index (χ1n) is 8.81. The molecule has 2 aromatic rings. The molecule has 2 aliphatic heterocycles. The van der Waals surface area contributed by atoms with E-state index in [9.17, 15) is 0 Å². The molecule has 0 N–H and O–H groups in total. The van der Waals surface area contributed by atoms with Gasteiger partial charge >= 0.3 is 0 Å². The number of hydrogen-bond donors (Lipinski definition) is 0. The van der Waals surface area contributed by atoms with Gasteiger partial charge in [0.05, 0.1) is 6.42 Å². The molecule has 1 atom stereocenters. The average molecular weight is 312 g/mol. The summed E-state index contributed by atoms with van der Waals surface area (Å²) in [7, 11) is 0. The number of nitrogens with zero attached hydrogens (tertiary/aromatic N) is 4. The van der Waals surface area contributed by atoms with Crippen LogP contribution in [-0.2, 0) is 17.7 Å². The zero-order valence-corrected chi connectivity index (χ0v) is 13.5. The summed E-state index contributed by atoms with van der Waals surface area (Å²) in [6.45, 7) is 2.84. The van der Waals surface area contributed by atoms with Crippen molar-refractivity contribution in [2.75, 3.05) is 13.2 Å². The summed E-state index contributed by atoms with van der Waals surface area (Å²) in [6.07, 6.45) is 8.69. The summed E-state index contributed by atoms with van der Waals surface area (Å²) < 4.78 is 7.92. The molecule has 0 amide bonds. The molecule has 0 aromatic carbocycles. The maximum Gasteiger partial charge on any atom is 0.139 e. The van der Waals surface area contributed by atoms with Gasteiger partial charge in [-0.2, -0.15) is 0 Å². The average Bonchev–Trinajstić information content (AvgIpc) is 2.87. The Morgan fingerprint density at radius 3 is 2.83 bits per heavy atom. The molecule has 4 heterocycles. The molecule has 4 rings (SSSR count). The molecule has 0 aliphatic carbocycles. The second kappa shape index (κ2) is 6.79. The molecule has 5 nitrogen and oxygen atoms in total. The van der Waals surface area contributed by atoms with Crippen LogP contribution in [0.2, 0.25) is 0 Å². The summed E-state index contributed by atoms with van der Waals surface area (Å²) in [5, 5.41) is 9.14. The Morgan fingerprint density at radius 2 is 2.00 bits per heavy atom. The van der Waals surface area contributed by atoms with Crippen molar-refractivity contribution in [1.29, 1.82) is 0 Å². The van der Waals surface area contributed by atoms with E-state index in [-0.39, 0.29) is 0 Å². The Morgan fingerprint density at radius 1 is 1.09 bits per heavy atom. The summed E-state index contributed by atoms with van der Waals surface area (Å²) in [4.78, 5) is 4.44. The summed E-state index contributed by atoms with van der Waals surface area (Å²) in [6, 6.07) is 6.05. The minimum Gasteiger partial charge on any atom is -0.381 e. The second-order valence-corrected chi connectivity index (χ2v) is 6.68. The van der Waals surface area contributed by atoms with E-state index in [0.717, 1.165) is 50.5 Å². The topological polar surface area (TPSA) is 52.8 Å². The van der Waals surface area contributed by atoms with E-state index in [2.05, 4.69) is 25.8 Å². The molecule has 2 aliphatic rings. The van der Waals surface area contributed by atoms with Crippen LogP contribution in [0.25, 0.3) is 0 Å². The van der Waals surface area contributed by atoms with E-state index in [1.54, 1.807) is 0 Å². The molecule has 122 valence electrons. The number of rotatable bonds is 3. The standard InChI is InChI=1S/C18H24N4O/c1-3-9-19-15(5-1)13-17-20-21-18-16(6-2-4-10-22(17)18)14-7-11-23-12-8-14/h1,3,5,9,14,16H,2,4,6-8,10-13H2. The molecule has 5 heteroatoms. The number of pyridine rings is 1. The first-order chi connectivity index (χ1) is 11.4. The molecule has 1 unspecified atom stereocenters. The minimum atomic E-state index is 0.548. The van der Waals surface area contributed by atoms with Crippen LogP contribution in [0.1, 0.15) is 55.4 Å². The van der Waals surface area contributed by atoms with Crippen LogP contribution in [0.5, 0.6) is 0 Å². The van der Waals surface area contributed by atoms with Crippen molar-refractivity contribution in [3.05, 3.63) is 41.7 Å². The monoisotopic (exact) mass is 312 g/mol. The second-order valence-electron chi connectivity index (χ2n) is 6.68. The van der Waals surface area contributed by atoms with E-state index >= 15 is 0 Å². The molecule has 1 fully saturated rings. The molecular weight excluding hydrogens is 288 g/mol. The normalized spacial score (nSPS) is 22.5. The molecule has 1 saturated heterocycles. The van der Waals surface area contributed by atoms with E-state index < -0.39 is 0 Å². The molecule has 0 bridgehead atoms. The Balaban J connectivity index is 1.61. The van der Waals surface area contributed by atoms with Gasteiger partial charge in [0.1, 0.15) is 11.6 Å². The summed E-state index contributed by atoms with van der Waals surface area (Å²) >= 11 is 0. The van der Waals surface area contributed by atoms with Crippen LogP contribution in [0.15, 0.2) is 24.4 Å². The van der Waals surface area contributed by atoms with E-state index in [1.165, 1.54) is 25.1 Å². The molecule has 2 aromatic heterocycles. The fourth-order valence-corrected chi connectivity index (χ4v) is 3.99. The Kier molecular flexibility index (Phi) is 4.37. The highest BCUT2D eigenvalue weighted by Crippen LogP contribution is 2.37. The Bertz CT molecular complexity index is 634. The van der Waals surface area contributed by atoms with Crippen LogP contribution >= 0.6 is 0 Å². The number of aromatic nitrogens is 4. The van der Waals surface area contributed by atoms with Crippen LogP contribution in [0, 0.1) is 5.92 Å². The molecule has 0 saturated carbocycles. The van der Waals surface area contributed by atoms with E-state index in [0.29, 0.717) is 11.8 Å². The maximum absolute atomic E-state index is 5.54. The third-order valence-corrected chi connectivity index (χ3v) is 5.23. The lowest BCUT2D eigenvalue weighted by molar-refractivity contribution is 0.0556.